The van der Waals surface area contributed by atoms with Crippen LogP contribution in [0.15, 0.2) is 18.2 Å². The molecule has 0 saturated heterocycles. The molecule has 1 fully saturated rings. The van der Waals surface area contributed by atoms with E-state index in [2.05, 4.69) is 23.6 Å². The van der Waals surface area contributed by atoms with Crippen molar-refractivity contribution in [2.24, 2.45) is 11.8 Å². The lowest BCUT2D eigenvalue weighted by atomic mass is 10.0. The number of aliphatic hydroxyl groups excluding tert-OH is 1. The summed E-state index contributed by atoms with van der Waals surface area (Å²) in [6.07, 6.45) is 3.59. The minimum atomic E-state index is -3.44. The number of hydrogen-bond acceptors (Lipinski definition) is 6. The number of carbonyl (C=O) groups excluding carboxylic acids is 1. The average Bonchev–Trinajstić information content (AvgIpc) is 3.48. The van der Waals surface area contributed by atoms with Gasteiger partial charge >= 0.3 is 0 Å². The topological polar surface area (TPSA) is 99.2 Å². The summed E-state index contributed by atoms with van der Waals surface area (Å²) in [5.41, 5.74) is 1.03. The van der Waals surface area contributed by atoms with E-state index >= 15 is 0 Å². The van der Waals surface area contributed by atoms with Crippen LogP contribution in [-0.2, 0) is 21.2 Å². The summed E-state index contributed by atoms with van der Waals surface area (Å²) in [6.45, 7) is 6.05. The molecule has 1 saturated carbocycles. The van der Waals surface area contributed by atoms with E-state index in [1.54, 1.807) is 23.1 Å². The molecule has 1 aromatic rings. The molecule has 0 spiro atoms. The van der Waals surface area contributed by atoms with E-state index in [0.29, 0.717) is 23.5 Å². The fourth-order valence-corrected chi connectivity index (χ4v) is 4.60. The minimum Gasteiger partial charge on any atom is -0.488 e. The van der Waals surface area contributed by atoms with Crippen molar-refractivity contribution in [3.8, 4) is 5.75 Å². The Kier molecular flexibility index (Phi) is 7.49. The van der Waals surface area contributed by atoms with Crippen LogP contribution in [0.2, 0.25) is 0 Å². The number of carbonyl (C=O) groups is 1. The summed E-state index contributed by atoms with van der Waals surface area (Å²) in [6, 6.07) is 4.75. The summed E-state index contributed by atoms with van der Waals surface area (Å²) < 4.78 is 32.2. The van der Waals surface area contributed by atoms with E-state index in [4.69, 9.17) is 4.74 Å². The number of benzene rings is 1. The van der Waals surface area contributed by atoms with Crippen LogP contribution in [0.5, 0.6) is 5.75 Å². The molecule has 1 aliphatic heterocycles. The second kappa shape index (κ2) is 9.75. The Morgan fingerprint density at radius 2 is 2.03 bits per heavy atom. The number of amides is 1. The molecule has 1 amide bonds. The Hall–Kier alpha value is -1.84. The van der Waals surface area contributed by atoms with E-state index in [0.717, 1.165) is 25.3 Å². The Morgan fingerprint density at radius 3 is 2.65 bits per heavy atom. The molecule has 0 radical (unpaired) electrons. The van der Waals surface area contributed by atoms with E-state index < -0.39 is 10.0 Å². The van der Waals surface area contributed by atoms with Gasteiger partial charge < -0.3 is 19.6 Å². The van der Waals surface area contributed by atoms with Gasteiger partial charge in [-0.15, -0.1) is 0 Å². The predicted octanol–water partition coefficient (Wildman–Crippen LogP) is 1.55. The third kappa shape index (κ3) is 6.82. The Bertz CT molecular complexity index is 887. The van der Waals surface area contributed by atoms with Crippen molar-refractivity contribution in [3.63, 3.8) is 0 Å². The van der Waals surface area contributed by atoms with Gasteiger partial charge in [-0.05, 0) is 50.9 Å². The molecular formula is C22H35N3O5S. The largest absolute Gasteiger partial charge is 0.488 e. The summed E-state index contributed by atoms with van der Waals surface area (Å²) in [7, 11) is -1.34. The zero-order valence-corrected chi connectivity index (χ0v) is 19.7. The standard InChI is InChI=1S/C22H35N3O5S/c1-15-11-25(16(2)14-26)22(27)10-18-9-19(23-31(4,28)29)7-8-20(18)30-21(15)13-24(3)12-17-5-6-17/h7-9,15-17,21,23,26H,5-6,10-14H2,1-4H3/t15-,16-,21+/m0/s1. The van der Waals surface area contributed by atoms with Crippen LogP contribution >= 0.6 is 0 Å². The highest BCUT2D eigenvalue weighted by atomic mass is 32.2. The quantitative estimate of drug-likeness (QED) is 0.620. The van der Waals surface area contributed by atoms with Gasteiger partial charge in [-0.3, -0.25) is 9.52 Å². The fraction of sp³-hybridized carbons (Fsp3) is 0.682. The number of hydrogen-bond donors (Lipinski definition) is 2. The number of sulfonamides is 1. The number of nitrogens with one attached hydrogen (secondary N) is 1. The minimum absolute atomic E-state index is 0.0550. The number of nitrogens with zero attached hydrogens (tertiary/aromatic N) is 2. The molecule has 3 atom stereocenters. The summed E-state index contributed by atoms with van der Waals surface area (Å²) in [5.74, 6) is 1.31. The normalized spacial score (nSPS) is 23.4. The van der Waals surface area contributed by atoms with Gasteiger partial charge in [0.2, 0.25) is 15.9 Å². The summed E-state index contributed by atoms with van der Waals surface area (Å²) in [5, 5.41) is 9.70. The monoisotopic (exact) mass is 453 g/mol. The lowest BCUT2D eigenvalue weighted by Crippen LogP contribution is -2.47. The summed E-state index contributed by atoms with van der Waals surface area (Å²) >= 11 is 0. The smallest absolute Gasteiger partial charge is 0.229 e. The molecule has 0 aromatic heterocycles. The highest BCUT2D eigenvalue weighted by Gasteiger charge is 2.32. The number of ether oxygens (including phenoxy) is 1. The van der Waals surface area contributed by atoms with Gasteiger partial charge in [0.05, 0.1) is 25.3 Å². The molecule has 3 rings (SSSR count). The third-order valence-corrected chi connectivity index (χ3v) is 6.58. The lowest BCUT2D eigenvalue weighted by Gasteiger charge is -2.34. The molecule has 1 aliphatic carbocycles. The Labute approximate surface area is 185 Å². The zero-order chi connectivity index (χ0) is 22.8. The first-order chi connectivity index (χ1) is 14.6. The van der Waals surface area contributed by atoms with Gasteiger partial charge in [0, 0.05) is 36.8 Å². The van der Waals surface area contributed by atoms with Crippen molar-refractivity contribution >= 4 is 21.6 Å². The van der Waals surface area contributed by atoms with Crippen LogP contribution in [0, 0.1) is 11.8 Å². The number of likely N-dealkylation sites (N-methyl/N-ethyl adjacent to an activating group) is 1. The van der Waals surface area contributed by atoms with E-state index in [9.17, 15) is 18.3 Å². The molecule has 2 N–H and O–H groups in total. The van der Waals surface area contributed by atoms with Crippen molar-refractivity contribution in [3.05, 3.63) is 23.8 Å². The molecular weight excluding hydrogens is 418 g/mol. The average molecular weight is 454 g/mol. The first-order valence-electron chi connectivity index (χ1n) is 10.9. The lowest BCUT2D eigenvalue weighted by molar-refractivity contribution is -0.134. The molecule has 9 heteroatoms. The van der Waals surface area contributed by atoms with Crippen LogP contribution in [0.1, 0.15) is 32.3 Å². The zero-order valence-electron chi connectivity index (χ0n) is 18.9. The Balaban J connectivity index is 1.91. The van der Waals surface area contributed by atoms with Crippen molar-refractivity contribution < 1.29 is 23.1 Å². The van der Waals surface area contributed by atoms with Crippen LogP contribution in [0.25, 0.3) is 0 Å². The van der Waals surface area contributed by atoms with Crippen molar-refractivity contribution in [2.45, 2.75) is 45.3 Å². The molecule has 31 heavy (non-hydrogen) atoms. The molecule has 0 unspecified atom stereocenters. The van der Waals surface area contributed by atoms with E-state index in [1.165, 1.54) is 12.8 Å². The van der Waals surface area contributed by atoms with Crippen LogP contribution in [0.3, 0.4) is 0 Å². The van der Waals surface area contributed by atoms with Crippen LogP contribution < -0.4 is 9.46 Å². The molecule has 0 bridgehead atoms. The fourth-order valence-electron chi connectivity index (χ4n) is 4.05. The van der Waals surface area contributed by atoms with Crippen LogP contribution in [-0.4, -0.2) is 80.9 Å². The number of rotatable bonds is 8. The molecule has 174 valence electrons. The van der Waals surface area contributed by atoms with E-state index in [-0.39, 0.29) is 37.0 Å². The van der Waals surface area contributed by atoms with Gasteiger partial charge in [0.15, 0.2) is 0 Å². The maximum absolute atomic E-state index is 13.1. The predicted molar refractivity (Wildman–Crippen MR) is 121 cm³/mol. The summed E-state index contributed by atoms with van der Waals surface area (Å²) in [4.78, 5) is 17.1. The maximum Gasteiger partial charge on any atom is 0.229 e. The van der Waals surface area contributed by atoms with Crippen molar-refractivity contribution in [1.82, 2.24) is 9.80 Å². The van der Waals surface area contributed by atoms with Crippen LogP contribution in [0.4, 0.5) is 5.69 Å². The number of anilines is 1. The molecule has 2 aliphatic rings. The molecule has 1 heterocycles. The van der Waals surface area contributed by atoms with Gasteiger partial charge in [0.1, 0.15) is 11.9 Å². The third-order valence-electron chi connectivity index (χ3n) is 5.98. The highest BCUT2D eigenvalue weighted by molar-refractivity contribution is 7.92. The first kappa shape index (κ1) is 23.8. The van der Waals surface area contributed by atoms with Gasteiger partial charge in [-0.25, -0.2) is 8.42 Å². The Morgan fingerprint density at radius 1 is 1.32 bits per heavy atom. The second-order valence-electron chi connectivity index (χ2n) is 9.25. The van der Waals surface area contributed by atoms with Gasteiger partial charge in [-0.2, -0.15) is 0 Å². The van der Waals surface area contributed by atoms with Crippen molar-refractivity contribution in [2.75, 3.05) is 44.3 Å². The van der Waals surface area contributed by atoms with E-state index in [1.807, 2.05) is 6.92 Å². The molecule has 8 nitrogen and oxygen atoms in total. The molecule has 1 aromatic carbocycles. The number of aliphatic hydroxyl groups is 1. The van der Waals surface area contributed by atoms with Gasteiger partial charge in [-0.1, -0.05) is 6.92 Å². The highest BCUT2D eigenvalue weighted by Crippen LogP contribution is 2.31. The maximum atomic E-state index is 13.1. The van der Waals surface area contributed by atoms with Gasteiger partial charge in [0.25, 0.3) is 0 Å². The second-order valence-corrected chi connectivity index (χ2v) is 11.0. The van der Waals surface area contributed by atoms with Crippen molar-refractivity contribution in [1.29, 1.82) is 0 Å². The SMILES string of the molecule is C[C@H]1CN([C@@H](C)CO)C(=O)Cc2cc(NS(C)(=O)=O)ccc2O[C@@H]1CN(C)CC1CC1. The first-order valence-corrected chi connectivity index (χ1v) is 12.8. The number of fused-ring (bicyclic) bond motifs is 1.